The van der Waals surface area contributed by atoms with E-state index in [9.17, 15) is 0 Å². The van der Waals surface area contributed by atoms with Gasteiger partial charge in [-0.2, -0.15) is 0 Å². The molecule has 0 aliphatic heterocycles. The number of rotatable bonds is 3. The predicted octanol–water partition coefficient (Wildman–Crippen LogP) is 3.85. The second-order valence-electron chi connectivity index (χ2n) is 4.71. The lowest BCUT2D eigenvalue weighted by Crippen LogP contribution is -1.95. The van der Waals surface area contributed by atoms with E-state index in [1.54, 1.807) is 17.7 Å². The summed E-state index contributed by atoms with van der Waals surface area (Å²) in [5.41, 5.74) is 2.22. The van der Waals surface area contributed by atoms with Gasteiger partial charge in [0.1, 0.15) is 11.3 Å². The molecular formula is C13H17N3S. The summed E-state index contributed by atoms with van der Waals surface area (Å²) in [6.45, 7) is 8.80. The number of thiazole rings is 1. The van der Waals surface area contributed by atoms with Crippen LogP contribution in [0.1, 0.15) is 50.1 Å². The summed E-state index contributed by atoms with van der Waals surface area (Å²) in [6.07, 6.45) is 5.18. The Kier molecular flexibility index (Phi) is 3.52. The summed E-state index contributed by atoms with van der Waals surface area (Å²) in [4.78, 5) is 14.2. The van der Waals surface area contributed by atoms with Crippen molar-refractivity contribution in [2.24, 2.45) is 0 Å². The number of aromatic nitrogens is 3. The molecular weight excluding hydrogens is 230 g/mol. The Morgan fingerprint density at radius 2 is 1.65 bits per heavy atom. The van der Waals surface area contributed by atoms with E-state index in [-0.39, 0.29) is 0 Å². The molecule has 2 aromatic heterocycles. The summed E-state index contributed by atoms with van der Waals surface area (Å²) in [7, 11) is 0. The molecule has 0 aromatic carbocycles. The molecule has 0 atom stereocenters. The number of hydrogen-bond donors (Lipinski definition) is 0. The average molecular weight is 247 g/mol. The van der Waals surface area contributed by atoms with Crippen molar-refractivity contribution < 1.29 is 0 Å². The van der Waals surface area contributed by atoms with Crippen LogP contribution in [-0.4, -0.2) is 15.0 Å². The third-order valence-electron chi connectivity index (χ3n) is 2.56. The highest BCUT2D eigenvalue weighted by Gasteiger charge is 2.17. The molecule has 0 aliphatic carbocycles. The van der Waals surface area contributed by atoms with Crippen molar-refractivity contribution in [2.75, 3.05) is 0 Å². The van der Waals surface area contributed by atoms with Crippen LogP contribution in [0.5, 0.6) is 0 Å². The van der Waals surface area contributed by atoms with Crippen molar-refractivity contribution >= 4 is 11.3 Å². The first-order chi connectivity index (χ1) is 8.09. The Balaban J connectivity index is 2.48. The van der Waals surface area contributed by atoms with E-state index in [1.807, 2.05) is 12.4 Å². The molecule has 0 aliphatic rings. The predicted molar refractivity (Wildman–Crippen MR) is 71.3 cm³/mol. The maximum absolute atomic E-state index is 4.74. The second-order valence-corrected chi connectivity index (χ2v) is 5.74. The zero-order valence-electron chi connectivity index (χ0n) is 10.6. The molecule has 90 valence electrons. The maximum atomic E-state index is 4.74. The molecule has 0 spiro atoms. The fourth-order valence-electron chi connectivity index (χ4n) is 1.70. The first kappa shape index (κ1) is 12.2. The van der Waals surface area contributed by atoms with Gasteiger partial charge in [0.2, 0.25) is 0 Å². The van der Waals surface area contributed by atoms with E-state index in [0.717, 1.165) is 10.6 Å². The Bertz CT molecular complexity index is 463. The molecule has 0 saturated heterocycles. The van der Waals surface area contributed by atoms with Crippen LogP contribution in [0.15, 0.2) is 18.7 Å². The molecule has 2 heterocycles. The van der Waals surface area contributed by atoms with Crippen LogP contribution < -0.4 is 0 Å². The number of nitrogens with zero attached hydrogens (tertiary/aromatic N) is 3. The molecule has 2 rings (SSSR count). The minimum atomic E-state index is 0.460. The second kappa shape index (κ2) is 4.92. The highest BCUT2D eigenvalue weighted by molar-refractivity contribution is 7.15. The van der Waals surface area contributed by atoms with Gasteiger partial charge < -0.3 is 0 Å². The van der Waals surface area contributed by atoms with Gasteiger partial charge in [-0.05, 0) is 11.8 Å². The fraction of sp³-hybridized carbons (Fsp3) is 0.462. The van der Waals surface area contributed by atoms with Gasteiger partial charge in [-0.25, -0.2) is 15.0 Å². The first-order valence-corrected chi connectivity index (χ1v) is 6.67. The van der Waals surface area contributed by atoms with E-state index in [1.165, 1.54) is 10.6 Å². The van der Waals surface area contributed by atoms with Gasteiger partial charge in [-0.15, -0.1) is 11.3 Å². The zero-order valence-corrected chi connectivity index (χ0v) is 11.5. The van der Waals surface area contributed by atoms with Crippen molar-refractivity contribution in [1.82, 2.24) is 15.0 Å². The smallest absolute Gasteiger partial charge is 0.127 e. The van der Waals surface area contributed by atoms with Crippen LogP contribution in [0.4, 0.5) is 0 Å². The molecule has 0 amide bonds. The fourth-order valence-corrected chi connectivity index (χ4v) is 2.90. The Labute approximate surface area is 106 Å². The molecule has 0 radical (unpaired) electrons. The van der Waals surface area contributed by atoms with Gasteiger partial charge in [0, 0.05) is 22.8 Å². The summed E-state index contributed by atoms with van der Waals surface area (Å²) in [5.74, 6) is 0.977. The molecule has 0 saturated carbocycles. The Morgan fingerprint density at radius 1 is 1.00 bits per heavy atom. The van der Waals surface area contributed by atoms with E-state index >= 15 is 0 Å². The standard InChI is InChI=1S/C13H17N3S/c1-8(2)11-12(9(3)4)17-13(16-11)10-5-14-7-15-6-10/h5-9H,1-4H3. The lowest BCUT2D eigenvalue weighted by molar-refractivity contribution is 0.781. The van der Waals surface area contributed by atoms with Crippen molar-refractivity contribution in [3.63, 3.8) is 0 Å². The van der Waals surface area contributed by atoms with Gasteiger partial charge in [0.15, 0.2) is 0 Å². The minimum absolute atomic E-state index is 0.460. The molecule has 0 bridgehead atoms. The van der Waals surface area contributed by atoms with Crippen molar-refractivity contribution in [2.45, 2.75) is 39.5 Å². The van der Waals surface area contributed by atoms with Crippen LogP contribution in [0.25, 0.3) is 10.6 Å². The molecule has 0 fully saturated rings. The van der Waals surface area contributed by atoms with E-state index < -0.39 is 0 Å². The monoisotopic (exact) mass is 247 g/mol. The average Bonchev–Trinajstić information content (AvgIpc) is 2.75. The van der Waals surface area contributed by atoms with Gasteiger partial charge in [-0.1, -0.05) is 27.7 Å². The largest absolute Gasteiger partial charge is 0.244 e. The molecule has 2 aromatic rings. The van der Waals surface area contributed by atoms with Crippen LogP contribution in [0.3, 0.4) is 0 Å². The van der Waals surface area contributed by atoms with Gasteiger partial charge >= 0.3 is 0 Å². The number of hydrogen-bond acceptors (Lipinski definition) is 4. The van der Waals surface area contributed by atoms with Gasteiger partial charge in [0.25, 0.3) is 0 Å². The summed E-state index contributed by atoms with van der Waals surface area (Å²) in [6, 6.07) is 0. The summed E-state index contributed by atoms with van der Waals surface area (Å²) >= 11 is 1.76. The third-order valence-corrected chi connectivity index (χ3v) is 3.98. The highest BCUT2D eigenvalue weighted by atomic mass is 32.1. The van der Waals surface area contributed by atoms with Crippen LogP contribution >= 0.6 is 11.3 Å². The summed E-state index contributed by atoms with van der Waals surface area (Å²) < 4.78 is 0. The van der Waals surface area contributed by atoms with Gasteiger partial charge in [-0.3, -0.25) is 0 Å². The first-order valence-electron chi connectivity index (χ1n) is 5.85. The normalized spacial score (nSPS) is 11.4. The van der Waals surface area contributed by atoms with Crippen LogP contribution in [-0.2, 0) is 0 Å². The molecule has 3 nitrogen and oxygen atoms in total. The molecule has 4 heteroatoms. The van der Waals surface area contributed by atoms with Crippen molar-refractivity contribution in [3.05, 3.63) is 29.3 Å². The molecule has 0 N–H and O–H groups in total. The van der Waals surface area contributed by atoms with Crippen molar-refractivity contribution in [1.29, 1.82) is 0 Å². The van der Waals surface area contributed by atoms with Gasteiger partial charge in [0.05, 0.1) is 5.69 Å². The maximum Gasteiger partial charge on any atom is 0.127 e. The summed E-state index contributed by atoms with van der Waals surface area (Å²) in [5, 5.41) is 1.03. The third kappa shape index (κ3) is 2.52. The Hall–Kier alpha value is -1.29. The topological polar surface area (TPSA) is 38.7 Å². The SMILES string of the molecule is CC(C)c1nc(-c2cncnc2)sc1C(C)C. The highest BCUT2D eigenvalue weighted by Crippen LogP contribution is 2.35. The molecule has 0 unspecified atom stereocenters. The molecule has 17 heavy (non-hydrogen) atoms. The minimum Gasteiger partial charge on any atom is -0.244 e. The lowest BCUT2D eigenvalue weighted by Gasteiger charge is -2.07. The zero-order chi connectivity index (χ0) is 12.4. The van der Waals surface area contributed by atoms with Crippen LogP contribution in [0, 0.1) is 0 Å². The Morgan fingerprint density at radius 3 is 2.12 bits per heavy atom. The lowest BCUT2D eigenvalue weighted by atomic mass is 10.0. The van der Waals surface area contributed by atoms with E-state index in [4.69, 9.17) is 4.98 Å². The quantitative estimate of drug-likeness (QED) is 0.827. The van der Waals surface area contributed by atoms with E-state index in [0.29, 0.717) is 11.8 Å². The van der Waals surface area contributed by atoms with Crippen LogP contribution in [0.2, 0.25) is 0 Å². The van der Waals surface area contributed by atoms with Crippen molar-refractivity contribution in [3.8, 4) is 10.6 Å². The van der Waals surface area contributed by atoms with E-state index in [2.05, 4.69) is 37.7 Å².